The molecule has 0 spiro atoms. The summed E-state index contributed by atoms with van der Waals surface area (Å²) >= 11 is 0. The molecule has 14 nitrogen and oxygen atoms in total. The highest BCUT2D eigenvalue weighted by Crippen LogP contribution is 2.44. The minimum Gasteiger partial charge on any atom is -0.493 e. The van der Waals surface area contributed by atoms with Gasteiger partial charge in [0.2, 0.25) is 18.2 Å². The number of anilines is 3. The van der Waals surface area contributed by atoms with Crippen molar-refractivity contribution in [1.29, 1.82) is 0 Å². The van der Waals surface area contributed by atoms with Crippen LogP contribution in [0.25, 0.3) is 11.1 Å². The van der Waals surface area contributed by atoms with E-state index < -0.39 is 0 Å². The standard InChI is InChI=1S/C54H60N6O8S2/c1-33(69-70-34(2)17-18-52(62)55-3)11-10-16-53(63)59-39-20-35(30-67-50-26-45-43(24-48(50)65-4)42-14-8-6-12-37(42)22-40(28-56-45)58-32-61)19-36(21-39)31-68-51-27-46-44(25-49(51)66-5)54(64)60-41(29-57-46)23-38-13-7-9-15-47(38)60/h6-9,12-15,19-21,24-28,32-34,40-41,57H,10-11,16-18,22-23,29-31H2,1-5H3,(H,55,62)(H,58,61)(H,59,63)/t33?,34?,40-,41?/m0/s1. The van der Waals surface area contributed by atoms with Crippen molar-refractivity contribution in [3.05, 3.63) is 119 Å². The number of aliphatic imine (C=N–C) groups is 1. The number of para-hydroxylation sites is 1. The molecule has 0 radical (unpaired) electrons. The Kier molecular flexibility index (Phi) is 16.6. The van der Waals surface area contributed by atoms with Crippen LogP contribution >= 0.6 is 21.6 Å². The Balaban J connectivity index is 1.01. The molecule has 8 rings (SSSR count). The molecule has 0 aliphatic carbocycles. The maximum Gasteiger partial charge on any atom is 0.260 e. The third-order valence-electron chi connectivity index (χ3n) is 12.6. The van der Waals surface area contributed by atoms with E-state index in [-0.39, 0.29) is 43.0 Å². The number of carbonyl (C=O) groups excluding carboxylic acids is 4. The van der Waals surface area contributed by atoms with Gasteiger partial charge in [0.05, 0.1) is 43.2 Å². The number of hydrogen-bond acceptors (Lipinski definition) is 12. The first-order valence-electron chi connectivity index (χ1n) is 23.7. The van der Waals surface area contributed by atoms with Crippen LogP contribution in [0.15, 0.2) is 96.0 Å². The average molecular weight is 985 g/mol. The SMILES string of the molecule is CNC(=O)CCC(C)SSC(C)CCCC(=O)Nc1cc(COc2cc3c(cc2OC)-c2ccccc2C[C@H](NC=O)C=N3)cc(COc2cc3c(cc2OC)C(=O)N2c4ccccc4CC2CN3)c1. The van der Waals surface area contributed by atoms with Crippen LogP contribution in [0.1, 0.15) is 78.6 Å². The molecule has 4 atom stereocenters. The largest absolute Gasteiger partial charge is 0.493 e. The third-order valence-corrected chi connectivity index (χ3v) is 16.2. The molecule has 0 aromatic heterocycles. The summed E-state index contributed by atoms with van der Waals surface area (Å²) in [4.78, 5) is 57.4. The van der Waals surface area contributed by atoms with Crippen molar-refractivity contribution < 1.29 is 38.1 Å². The topological polar surface area (TPSA) is 169 Å². The van der Waals surface area contributed by atoms with Gasteiger partial charge in [0.15, 0.2) is 23.0 Å². The lowest BCUT2D eigenvalue weighted by Gasteiger charge is -2.22. The Bertz CT molecular complexity index is 2750. The number of hydrogen-bond donors (Lipinski definition) is 4. The van der Waals surface area contributed by atoms with E-state index >= 15 is 0 Å². The molecule has 3 aliphatic rings. The number of ether oxygens (including phenoxy) is 4. The van der Waals surface area contributed by atoms with Gasteiger partial charge in [-0.3, -0.25) is 24.2 Å². The molecule has 366 valence electrons. The van der Waals surface area contributed by atoms with Gasteiger partial charge < -0.3 is 45.1 Å². The fourth-order valence-corrected chi connectivity index (χ4v) is 11.6. The lowest BCUT2D eigenvalue weighted by Crippen LogP contribution is -2.39. The highest BCUT2D eigenvalue weighted by Gasteiger charge is 2.38. The molecule has 16 heteroatoms. The van der Waals surface area contributed by atoms with Crippen molar-refractivity contribution in [3.8, 4) is 34.1 Å². The number of amides is 4. The summed E-state index contributed by atoms with van der Waals surface area (Å²) in [7, 11) is 8.39. The van der Waals surface area contributed by atoms with E-state index in [4.69, 9.17) is 23.9 Å². The second kappa shape index (κ2) is 23.3. The molecular formula is C54H60N6O8S2. The molecule has 0 bridgehead atoms. The lowest BCUT2D eigenvalue weighted by atomic mass is 9.93. The molecule has 70 heavy (non-hydrogen) atoms. The number of nitrogens with one attached hydrogen (secondary N) is 4. The maximum absolute atomic E-state index is 14.1. The van der Waals surface area contributed by atoms with Crippen LogP contribution in [0.2, 0.25) is 0 Å². The molecule has 0 fully saturated rings. The Morgan fingerprint density at radius 2 is 1.46 bits per heavy atom. The molecule has 4 amide bonds. The predicted molar refractivity (Wildman–Crippen MR) is 280 cm³/mol. The number of methoxy groups -OCH3 is 2. The smallest absolute Gasteiger partial charge is 0.260 e. The van der Waals surface area contributed by atoms with Gasteiger partial charge in [-0.2, -0.15) is 0 Å². The van der Waals surface area contributed by atoms with Gasteiger partial charge >= 0.3 is 0 Å². The van der Waals surface area contributed by atoms with Crippen molar-refractivity contribution in [3.63, 3.8) is 0 Å². The second-order valence-corrected chi connectivity index (χ2v) is 20.9. The molecule has 3 heterocycles. The summed E-state index contributed by atoms with van der Waals surface area (Å²) in [6.07, 6.45) is 7.01. The van der Waals surface area contributed by atoms with Gasteiger partial charge in [-0.05, 0) is 96.3 Å². The van der Waals surface area contributed by atoms with Gasteiger partial charge in [-0.25, -0.2) is 0 Å². The first-order valence-corrected chi connectivity index (χ1v) is 25.9. The van der Waals surface area contributed by atoms with E-state index in [1.807, 2.05) is 83.8 Å². The fourth-order valence-electron chi connectivity index (χ4n) is 9.01. The first kappa shape index (κ1) is 49.8. The Morgan fingerprint density at radius 3 is 2.17 bits per heavy atom. The molecular weight excluding hydrogens is 925 g/mol. The van der Waals surface area contributed by atoms with Crippen LogP contribution in [0, 0.1) is 0 Å². The van der Waals surface area contributed by atoms with Crippen LogP contribution in [0.4, 0.5) is 22.7 Å². The van der Waals surface area contributed by atoms with Crippen molar-refractivity contribution in [2.45, 2.75) is 94.6 Å². The van der Waals surface area contributed by atoms with E-state index in [9.17, 15) is 19.2 Å². The van der Waals surface area contributed by atoms with Gasteiger partial charge in [0, 0.05) is 72.2 Å². The number of nitrogens with zero attached hydrogens (tertiary/aromatic N) is 2. The highest BCUT2D eigenvalue weighted by molar-refractivity contribution is 8.77. The summed E-state index contributed by atoms with van der Waals surface area (Å²) in [5, 5.41) is 12.8. The summed E-state index contributed by atoms with van der Waals surface area (Å²) in [6, 6.07) is 28.8. The van der Waals surface area contributed by atoms with Crippen molar-refractivity contribution in [1.82, 2.24) is 10.6 Å². The predicted octanol–water partition coefficient (Wildman–Crippen LogP) is 9.69. The Labute approximate surface area is 417 Å². The number of carbonyl (C=O) groups is 4. The van der Waals surface area contributed by atoms with Gasteiger partial charge in [0.25, 0.3) is 5.91 Å². The second-order valence-electron chi connectivity index (χ2n) is 17.7. The monoisotopic (exact) mass is 984 g/mol. The molecule has 4 N–H and O–H groups in total. The zero-order chi connectivity index (χ0) is 49.1. The van der Waals surface area contributed by atoms with E-state index in [1.165, 1.54) is 0 Å². The number of benzene rings is 5. The summed E-state index contributed by atoms with van der Waals surface area (Å²) < 4.78 is 24.7. The minimum atomic E-state index is -0.292. The highest BCUT2D eigenvalue weighted by atomic mass is 33.1. The normalized spacial score (nSPS) is 16.2. The van der Waals surface area contributed by atoms with Crippen LogP contribution in [-0.4, -0.2) is 80.7 Å². The first-order chi connectivity index (χ1) is 34.0. The van der Waals surface area contributed by atoms with Crippen molar-refractivity contribution >= 4 is 74.7 Å². The van der Waals surface area contributed by atoms with Crippen molar-refractivity contribution in [2.24, 2.45) is 4.99 Å². The molecule has 3 aliphatic heterocycles. The lowest BCUT2D eigenvalue weighted by molar-refractivity contribution is -0.120. The van der Waals surface area contributed by atoms with E-state index in [1.54, 1.807) is 55.1 Å². The van der Waals surface area contributed by atoms with Gasteiger partial charge in [-0.1, -0.05) is 77.9 Å². The molecule has 0 saturated carbocycles. The van der Waals surface area contributed by atoms with E-state index in [2.05, 4.69) is 41.2 Å². The molecule has 5 aromatic rings. The van der Waals surface area contributed by atoms with Crippen LogP contribution < -0.4 is 45.1 Å². The van der Waals surface area contributed by atoms with Gasteiger partial charge in [-0.15, -0.1) is 0 Å². The summed E-state index contributed by atoms with van der Waals surface area (Å²) in [6.45, 7) is 5.10. The molecule has 5 aromatic carbocycles. The number of rotatable bonds is 21. The quantitative estimate of drug-likeness (QED) is 0.0408. The molecule has 3 unspecified atom stereocenters. The average Bonchev–Trinajstić information content (AvgIpc) is 3.68. The molecule has 0 saturated heterocycles. The Hall–Kier alpha value is -6.65. The Morgan fingerprint density at radius 1 is 0.786 bits per heavy atom. The maximum atomic E-state index is 14.1. The summed E-state index contributed by atoms with van der Waals surface area (Å²) in [5.74, 6) is 1.72. The minimum absolute atomic E-state index is 0.0218. The van der Waals surface area contributed by atoms with E-state index in [0.717, 1.165) is 58.3 Å². The van der Waals surface area contributed by atoms with Gasteiger partial charge in [0.1, 0.15) is 13.2 Å². The van der Waals surface area contributed by atoms with Crippen LogP contribution in [0.5, 0.6) is 23.0 Å². The summed E-state index contributed by atoms with van der Waals surface area (Å²) in [5.41, 5.74) is 8.96. The van der Waals surface area contributed by atoms with Crippen LogP contribution in [0.3, 0.4) is 0 Å². The van der Waals surface area contributed by atoms with Crippen LogP contribution in [-0.2, 0) is 40.4 Å². The zero-order valence-corrected chi connectivity index (χ0v) is 41.8. The zero-order valence-electron chi connectivity index (χ0n) is 40.2. The van der Waals surface area contributed by atoms with E-state index in [0.29, 0.717) is 94.8 Å². The van der Waals surface area contributed by atoms with Crippen molar-refractivity contribution in [2.75, 3.05) is 43.3 Å². The fraction of sp³-hybridized carbons (Fsp3) is 0.352. The number of fused-ring (bicyclic) bond motifs is 7. The third kappa shape index (κ3) is 12.0.